The van der Waals surface area contributed by atoms with Crippen LogP contribution >= 0.6 is 11.3 Å². The Balaban J connectivity index is 1.34. The lowest BCUT2D eigenvalue weighted by molar-refractivity contribution is 0.00635. The number of hydrogen-bond donors (Lipinski definition) is 1. The van der Waals surface area contributed by atoms with Gasteiger partial charge in [0, 0.05) is 30.6 Å². The average molecular weight is 358 g/mol. The third-order valence-electron chi connectivity index (χ3n) is 5.36. The Morgan fingerprint density at radius 3 is 2.64 bits per heavy atom. The number of aromatic nitrogens is 1. The highest BCUT2D eigenvalue weighted by Gasteiger charge is 2.37. The maximum atomic E-state index is 11.0. The molecule has 2 aliphatic heterocycles. The van der Waals surface area contributed by atoms with Gasteiger partial charge < -0.3 is 10.0 Å². The summed E-state index contributed by atoms with van der Waals surface area (Å²) in [5, 5.41) is 14.3. The summed E-state index contributed by atoms with van der Waals surface area (Å²) in [4.78, 5) is 9.60. The zero-order chi connectivity index (χ0) is 17.1. The lowest BCUT2D eigenvalue weighted by Crippen LogP contribution is -2.46. The Morgan fingerprint density at radius 1 is 1.04 bits per heavy atom. The van der Waals surface area contributed by atoms with Crippen LogP contribution in [0.3, 0.4) is 0 Å². The fourth-order valence-electron chi connectivity index (χ4n) is 4.05. The van der Waals surface area contributed by atoms with E-state index in [-0.39, 0.29) is 0 Å². The van der Waals surface area contributed by atoms with E-state index in [2.05, 4.69) is 39.4 Å². The van der Waals surface area contributed by atoms with Crippen LogP contribution in [0.4, 0.5) is 0 Å². The van der Waals surface area contributed by atoms with Gasteiger partial charge in [0.05, 0.1) is 17.8 Å². The van der Waals surface area contributed by atoms with Gasteiger partial charge in [-0.1, -0.05) is 36.8 Å². The van der Waals surface area contributed by atoms with Crippen molar-refractivity contribution in [2.75, 3.05) is 32.7 Å². The first kappa shape index (κ1) is 17.2. The Hall–Kier alpha value is -1.27. The molecule has 0 aliphatic carbocycles. The van der Waals surface area contributed by atoms with E-state index >= 15 is 0 Å². The fourth-order valence-corrected chi connectivity index (χ4v) is 4.90. The van der Waals surface area contributed by atoms with E-state index in [9.17, 15) is 5.11 Å². The minimum absolute atomic E-state index is 0.545. The highest BCUT2D eigenvalue weighted by atomic mass is 32.1. The Kier molecular flexibility index (Phi) is 5.17. The summed E-state index contributed by atoms with van der Waals surface area (Å²) >= 11 is 1.72. The SMILES string of the molecule is OC1(CN2CCCCC2)CCN(Cc2nc(-c3ccccc3)cs2)C1. The van der Waals surface area contributed by atoms with Crippen LogP contribution in [0.2, 0.25) is 0 Å². The Labute approximate surface area is 154 Å². The fraction of sp³-hybridized carbons (Fsp3) is 0.550. The van der Waals surface area contributed by atoms with Crippen LogP contribution in [0.5, 0.6) is 0 Å². The lowest BCUT2D eigenvalue weighted by Gasteiger charge is -2.33. The first-order chi connectivity index (χ1) is 12.2. The number of thiazole rings is 1. The normalized spacial score (nSPS) is 25.5. The second kappa shape index (κ2) is 7.54. The molecule has 0 spiro atoms. The third kappa shape index (κ3) is 4.29. The predicted molar refractivity (Wildman–Crippen MR) is 103 cm³/mol. The van der Waals surface area contributed by atoms with Crippen LogP contribution in [0.25, 0.3) is 11.3 Å². The molecular weight excluding hydrogens is 330 g/mol. The van der Waals surface area contributed by atoms with Gasteiger partial charge in [0.15, 0.2) is 0 Å². The van der Waals surface area contributed by atoms with Crippen molar-refractivity contribution in [2.45, 2.75) is 37.8 Å². The Bertz CT molecular complexity index is 683. The molecule has 5 heteroatoms. The van der Waals surface area contributed by atoms with Crippen molar-refractivity contribution in [2.24, 2.45) is 0 Å². The van der Waals surface area contributed by atoms with Crippen LogP contribution in [0.1, 0.15) is 30.7 Å². The van der Waals surface area contributed by atoms with Gasteiger partial charge in [0.2, 0.25) is 0 Å². The van der Waals surface area contributed by atoms with Crippen LogP contribution in [-0.2, 0) is 6.54 Å². The molecule has 3 heterocycles. The molecule has 0 saturated carbocycles. The van der Waals surface area contributed by atoms with Crippen molar-refractivity contribution in [1.29, 1.82) is 0 Å². The molecule has 1 atom stereocenters. The molecule has 2 fully saturated rings. The van der Waals surface area contributed by atoms with E-state index in [0.717, 1.165) is 56.4 Å². The van der Waals surface area contributed by atoms with Gasteiger partial charge in [-0.05, 0) is 32.4 Å². The molecule has 0 radical (unpaired) electrons. The number of β-amino-alcohol motifs (C(OH)–C–C–N with tert-alkyl or cyclic N) is 1. The van der Waals surface area contributed by atoms with E-state index < -0.39 is 5.60 Å². The Morgan fingerprint density at radius 2 is 1.84 bits per heavy atom. The first-order valence-electron chi connectivity index (χ1n) is 9.37. The highest BCUT2D eigenvalue weighted by Crippen LogP contribution is 2.27. The van der Waals surface area contributed by atoms with Crippen LogP contribution in [0, 0.1) is 0 Å². The molecule has 4 rings (SSSR count). The molecule has 0 bridgehead atoms. The van der Waals surface area contributed by atoms with Gasteiger partial charge in [0.1, 0.15) is 5.01 Å². The lowest BCUT2D eigenvalue weighted by atomic mass is 10.0. The monoisotopic (exact) mass is 357 g/mol. The van der Waals surface area contributed by atoms with Crippen LogP contribution in [-0.4, -0.2) is 58.2 Å². The summed E-state index contributed by atoms with van der Waals surface area (Å²) in [5.74, 6) is 0. The number of rotatable bonds is 5. The van der Waals surface area contributed by atoms with Gasteiger partial charge in [-0.2, -0.15) is 0 Å². The van der Waals surface area contributed by atoms with E-state index in [1.165, 1.54) is 24.8 Å². The van der Waals surface area contributed by atoms with E-state index in [1.54, 1.807) is 11.3 Å². The van der Waals surface area contributed by atoms with Crippen molar-refractivity contribution >= 4 is 11.3 Å². The highest BCUT2D eigenvalue weighted by molar-refractivity contribution is 7.09. The van der Waals surface area contributed by atoms with Gasteiger partial charge >= 0.3 is 0 Å². The largest absolute Gasteiger partial charge is 0.387 e. The quantitative estimate of drug-likeness (QED) is 0.892. The van der Waals surface area contributed by atoms with E-state index in [4.69, 9.17) is 4.98 Å². The standard InChI is InChI=1S/C20H27N3OS/c24-20(15-22-10-5-2-6-11-22)9-12-23(16-20)13-19-21-18(14-25-19)17-7-3-1-4-8-17/h1,3-4,7-8,14,24H,2,5-6,9-13,15-16H2. The van der Waals surface area contributed by atoms with Crippen molar-refractivity contribution < 1.29 is 5.11 Å². The summed E-state index contributed by atoms with van der Waals surface area (Å²) in [5.41, 5.74) is 1.69. The zero-order valence-corrected chi connectivity index (χ0v) is 15.5. The molecule has 1 aromatic heterocycles. The van der Waals surface area contributed by atoms with Crippen molar-refractivity contribution in [1.82, 2.24) is 14.8 Å². The van der Waals surface area contributed by atoms with Gasteiger partial charge in [-0.15, -0.1) is 11.3 Å². The van der Waals surface area contributed by atoms with E-state index in [0.29, 0.717) is 0 Å². The molecule has 4 nitrogen and oxygen atoms in total. The van der Waals surface area contributed by atoms with Gasteiger partial charge in [0.25, 0.3) is 0 Å². The van der Waals surface area contributed by atoms with E-state index in [1.807, 2.05) is 6.07 Å². The summed E-state index contributed by atoms with van der Waals surface area (Å²) in [6, 6.07) is 10.3. The van der Waals surface area contributed by atoms with Crippen LogP contribution < -0.4 is 0 Å². The number of piperidine rings is 1. The molecule has 25 heavy (non-hydrogen) atoms. The van der Waals surface area contributed by atoms with Crippen LogP contribution in [0.15, 0.2) is 35.7 Å². The van der Waals surface area contributed by atoms with Crippen molar-refractivity contribution in [3.8, 4) is 11.3 Å². The molecule has 2 aromatic rings. The minimum Gasteiger partial charge on any atom is -0.387 e. The number of aliphatic hydroxyl groups is 1. The average Bonchev–Trinajstić information content (AvgIpc) is 3.24. The number of benzene rings is 1. The topological polar surface area (TPSA) is 39.6 Å². The van der Waals surface area contributed by atoms with Crippen molar-refractivity contribution in [3.63, 3.8) is 0 Å². The van der Waals surface area contributed by atoms with Gasteiger partial charge in [-0.3, -0.25) is 4.90 Å². The molecule has 2 saturated heterocycles. The smallest absolute Gasteiger partial charge is 0.107 e. The van der Waals surface area contributed by atoms with Gasteiger partial charge in [-0.25, -0.2) is 4.98 Å². The minimum atomic E-state index is -0.545. The maximum absolute atomic E-state index is 11.0. The summed E-state index contributed by atoms with van der Waals surface area (Å²) in [7, 11) is 0. The predicted octanol–water partition coefficient (Wildman–Crippen LogP) is 3.23. The molecule has 1 N–H and O–H groups in total. The summed E-state index contributed by atoms with van der Waals surface area (Å²) < 4.78 is 0. The number of hydrogen-bond acceptors (Lipinski definition) is 5. The molecule has 1 unspecified atom stereocenters. The molecule has 2 aliphatic rings. The second-order valence-electron chi connectivity index (χ2n) is 7.51. The molecule has 1 aromatic carbocycles. The summed E-state index contributed by atoms with van der Waals surface area (Å²) in [6.45, 7) is 5.70. The number of likely N-dealkylation sites (tertiary alicyclic amines) is 2. The van der Waals surface area contributed by atoms with Crippen molar-refractivity contribution in [3.05, 3.63) is 40.7 Å². The summed E-state index contributed by atoms with van der Waals surface area (Å²) in [6.07, 6.45) is 4.78. The third-order valence-corrected chi connectivity index (χ3v) is 6.19. The molecular formula is C20H27N3OS. The number of nitrogens with zero attached hydrogens (tertiary/aromatic N) is 3. The molecule has 0 amide bonds. The molecule has 134 valence electrons. The zero-order valence-electron chi connectivity index (χ0n) is 14.7. The first-order valence-corrected chi connectivity index (χ1v) is 10.3. The maximum Gasteiger partial charge on any atom is 0.107 e. The second-order valence-corrected chi connectivity index (χ2v) is 8.46.